The van der Waals surface area contributed by atoms with Crippen LogP contribution >= 0.6 is 0 Å². The predicted molar refractivity (Wildman–Crippen MR) is 72.4 cm³/mol. The number of likely N-dealkylation sites (N-methyl/N-ethyl adjacent to an activating group) is 1. The molecule has 3 N–H and O–H groups in total. The highest BCUT2D eigenvalue weighted by Crippen LogP contribution is 2.24. The number of nitrogens with zero attached hydrogens (tertiary/aromatic N) is 1. The average molecular weight is 221 g/mol. The summed E-state index contributed by atoms with van der Waals surface area (Å²) in [4.78, 5) is 4.01. The summed E-state index contributed by atoms with van der Waals surface area (Å²) >= 11 is 0. The number of hydrogen-bond donors (Lipinski definition) is 2. The molecule has 0 amide bonds. The molecule has 1 atom stereocenters. The van der Waals surface area contributed by atoms with Crippen molar-refractivity contribution in [2.24, 2.45) is 16.6 Å². The summed E-state index contributed by atoms with van der Waals surface area (Å²) in [7, 11) is 3.68. The number of nitrogens with two attached hydrogens (primary N) is 1. The molecule has 0 aliphatic heterocycles. The van der Waals surface area contributed by atoms with Crippen LogP contribution in [0, 0.1) is 5.92 Å². The Morgan fingerprint density at radius 1 is 1.56 bits per heavy atom. The second-order valence-corrected chi connectivity index (χ2v) is 3.71. The van der Waals surface area contributed by atoms with Crippen molar-refractivity contribution in [3.05, 3.63) is 35.7 Å². The fraction of sp³-hybridized carbons (Fsp3) is 0.462. The van der Waals surface area contributed by atoms with Gasteiger partial charge in [-0.2, -0.15) is 0 Å². The molecule has 0 aromatic heterocycles. The molecule has 0 rings (SSSR count). The summed E-state index contributed by atoms with van der Waals surface area (Å²) in [5.74, 6) is 0.365. The Morgan fingerprint density at radius 2 is 2.19 bits per heavy atom. The highest BCUT2D eigenvalue weighted by molar-refractivity contribution is 5.59. The van der Waals surface area contributed by atoms with Crippen LogP contribution < -0.4 is 11.1 Å². The standard InChI is InChI=1S/C13H23N3/c1-6-12(16-5)13(11(3)9-14)10(2)7-8-15-4/h6,8-10,16H,1,7,14H2,2-5H3/b11-9+,13-12-,15-8?/t10-/m1/s1. The molecular formula is C13H23N3. The molecule has 0 radical (unpaired) electrons. The molecule has 0 spiro atoms. The van der Waals surface area contributed by atoms with Gasteiger partial charge in [0.2, 0.25) is 0 Å². The van der Waals surface area contributed by atoms with Crippen LogP contribution in [-0.2, 0) is 0 Å². The van der Waals surface area contributed by atoms with Gasteiger partial charge in [-0.05, 0) is 48.9 Å². The lowest BCUT2D eigenvalue weighted by Gasteiger charge is -2.18. The van der Waals surface area contributed by atoms with E-state index in [0.29, 0.717) is 5.92 Å². The van der Waals surface area contributed by atoms with Crippen molar-refractivity contribution >= 4 is 6.21 Å². The molecule has 0 fully saturated rings. The highest BCUT2D eigenvalue weighted by Gasteiger charge is 2.13. The molecule has 3 nitrogen and oxygen atoms in total. The van der Waals surface area contributed by atoms with Crippen LogP contribution in [0.2, 0.25) is 0 Å². The van der Waals surface area contributed by atoms with Crippen LogP contribution in [0.4, 0.5) is 0 Å². The lowest BCUT2D eigenvalue weighted by molar-refractivity contribution is 0.711. The fourth-order valence-corrected chi connectivity index (χ4v) is 1.68. The molecule has 0 unspecified atom stereocenters. The fourth-order valence-electron chi connectivity index (χ4n) is 1.68. The molecule has 3 heteroatoms. The van der Waals surface area contributed by atoms with E-state index in [1.165, 1.54) is 5.57 Å². The zero-order valence-electron chi connectivity index (χ0n) is 10.7. The first-order valence-corrected chi connectivity index (χ1v) is 5.46. The van der Waals surface area contributed by atoms with Crippen LogP contribution in [-0.4, -0.2) is 20.3 Å². The maximum atomic E-state index is 5.59. The van der Waals surface area contributed by atoms with E-state index in [4.69, 9.17) is 5.73 Å². The van der Waals surface area contributed by atoms with Crippen LogP contribution in [0.25, 0.3) is 0 Å². The van der Waals surface area contributed by atoms with E-state index < -0.39 is 0 Å². The molecule has 0 saturated carbocycles. The minimum Gasteiger partial charge on any atom is -0.404 e. The average Bonchev–Trinajstić information content (AvgIpc) is 2.31. The van der Waals surface area contributed by atoms with Gasteiger partial charge < -0.3 is 16.0 Å². The summed E-state index contributed by atoms with van der Waals surface area (Å²) in [6, 6.07) is 0. The third-order valence-electron chi connectivity index (χ3n) is 2.57. The van der Waals surface area contributed by atoms with Gasteiger partial charge >= 0.3 is 0 Å². The quantitative estimate of drug-likeness (QED) is 0.534. The van der Waals surface area contributed by atoms with E-state index >= 15 is 0 Å². The zero-order chi connectivity index (χ0) is 12.6. The maximum absolute atomic E-state index is 5.59. The van der Waals surface area contributed by atoms with Gasteiger partial charge in [-0.25, -0.2) is 0 Å². The Bertz CT molecular complexity index is 311. The highest BCUT2D eigenvalue weighted by atomic mass is 14.8. The Labute approximate surface area is 98.8 Å². The van der Waals surface area contributed by atoms with Crippen LogP contribution in [0.3, 0.4) is 0 Å². The molecule has 0 saturated heterocycles. The number of rotatable bonds is 6. The van der Waals surface area contributed by atoms with Gasteiger partial charge in [0.05, 0.1) is 0 Å². The lowest BCUT2D eigenvalue weighted by atomic mass is 9.90. The summed E-state index contributed by atoms with van der Waals surface area (Å²) in [6.45, 7) is 7.98. The van der Waals surface area contributed by atoms with E-state index in [9.17, 15) is 0 Å². The van der Waals surface area contributed by atoms with Crippen molar-refractivity contribution in [1.82, 2.24) is 5.32 Å². The first-order chi connectivity index (χ1) is 7.62. The van der Waals surface area contributed by atoms with Gasteiger partial charge in [0, 0.05) is 19.8 Å². The molecule has 0 bridgehead atoms. The van der Waals surface area contributed by atoms with Gasteiger partial charge in [0.25, 0.3) is 0 Å². The molecule has 0 aliphatic rings. The largest absolute Gasteiger partial charge is 0.404 e. The van der Waals surface area contributed by atoms with Crippen LogP contribution in [0.5, 0.6) is 0 Å². The van der Waals surface area contributed by atoms with Gasteiger partial charge in [-0.3, -0.25) is 0 Å². The molecule has 0 heterocycles. The van der Waals surface area contributed by atoms with Crippen molar-refractivity contribution in [1.29, 1.82) is 0 Å². The van der Waals surface area contributed by atoms with E-state index in [2.05, 4.69) is 23.8 Å². The third-order valence-corrected chi connectivity index (χ3v) is 2.57. The van der Waals surface area contributed by atoms with Crippen molar-refractivity contribution in [2.75, 3.05) is 14.1 Å². The number of allylic oxidation sites excluding steroid dienone is 3. The van der Waals surface area contributed by atoms with E-state index in [1.54, 1.807) is 13.2 Å². The normalized spacial score (nSPS) is 15.9. The predicted octanol–water partition coefficient (Wildman–Crippen LogP) is 2.24. The number of nitrogens with one attached hydrogen (secondary N) is 1. The zero-order valence-corrected chi connectivity index (χ0v) is 10.7. The van der Waals surface area contributed by atoms with E-state index in [-0.39, 0.29) is 0 Å². The summed E-state index contributed by atoms with van der Waals surface area (Å²) < 4.78 is 0. The van der Waals surface area contributed by atoms with Crippen LogP contribution in [0.1, 0.15) is 20.3 Å². The smallest absolute Gasteiger partial charge is 0.0370 e. The lowest BCUT2D eigenvalue weighted by Crippen LogP contribution is -2.13. The summed E-state index contributed by atoms with van der Waals surface area (Å²) in [5.41, 5.74) is 8.88. The topological polar surface area (TPSA) is 50.4 Å². The monoisotopic (exact) mass is 221 g/mol. The Hall–Kier alpha value is -1.51. The Morgan fingerprint density at radius 3 is 2.56 bits per heavy atom. The van der Waals surface area contributed by atoms with Crippen molar-refractivity contribution < 1.29 is 0 Å². The minimum atomic E-state index is 0.365. The van der Waals surface area contributed by atoms with Gasteiger partial charge in [-0.15, -0.1) is 0 Å². The van der Waals surface area contributed by atoms with E-state index in [1.807, 2.05) is 26.3 Å². The molecule has 16 heavy (non-hydrogen) atoms. The van der Waals surface area contributed by atoms with Gasteiger partial charge in [0.15, 0.2) is 0 Å². The first-order valence-electron chi connectivity index (χ1n) is 5.46. The van der Waals surface area contributed by atoms with Gasteiger partial charge in [0.1, 0.15) is 0 Å². The van der Waals surface area contributed by atoms with Crippen LogP contribution in [0.15, 0.2) is 40.7 Å². The SMILES string of the molecule is C=C/C(NC)=C(/C(C)=C/N)[C@H](C)CC=NC. The molecule has 90 valence electrons. The number of aliphatic imine (C=N–C) groups is 1. The summed E-state index contributed by atoms with van der Waals surface area (Å²) in [5, 5.41) is 3.15. The second-order valence-electron chi connectivity index (χ2n) is 3.71. The maximum Gasteiger partial charge on any atom is 0.0370 e. The minimum absolute atomic E-state index is 0.365. The molecule has 0 aliphatic carbocycles. The molecule has 0 aromatic rings. The van der Waals surface area contributed by atoms with E-state index in [0.717, 1.165) is 17.7 Å². The Balaban J connectivity index is 5.24. The third kappa shape index (κ3) is 3.93. The molecular weight excluding hydrogens is 198 g/mol. The van der Waals surface area contributed by atoms with Gasteiger partial charge in [-0.1, -0.05) is 13.5 Å². The summed E-state index contributed by atoms with van der Waals surface area (Å²) in [6.07, 6.45) is 6.28. The first kappa shape index (κ1) is 14.5. The van der Waals surface area contributed by atoms with Crippen molar-refractivity contribution in [3.63, 3.8) is 0 Å². The Kier molecular flexibility index (Phi) is 7.01. The van der Waals surface area contributed by atoms with Crippen molar-refractivity contribution in [3.8, 4) is 0 Å². The number of hydrogen-bond acceptors (Lipinski definition) is 3. The molecule has 0 aromatic carbocycles. The second kappa shape index (κ2) is 7.74. The van der Waals surface area contributed by atoms with Crippen molar-refractivity contribution in [2.45, 2.75) is 20.3 Å².